The molecule has 1 amide bonds. The van der Waals surface area contributed by atoms with Gasteiger partial charge < -0.3 is 25.0 Å². The fraction of sp³-hybridized carbons (Fsp3) is 0.579. The Morgan fingerprint density at radius 1 is 1.13 bits per heavy atom. The summed E-state index contributed by atoms with van der Waals surface area (Å²) < 4.78 is 48.1. The second-order valence-electron chi connectivity index (χ2n) is 6.11. The number of halogens is 4. The van der Waals surface area contributed by atoms with Gasteiger partial charge in [0.25, 0.3) is 0 Å². The van der Waals surface area contributed by atoms with Crippen LogP contribution in [-0.4, -0.2) is 69.9 Å². The molecule has 0 heterocycles. The SMILES string of the molecule is CCOc1ccc(CCNC(=NC)NCC(=O)N(C)CC(F)(F)F)cc1OCC.I. The van der Waals surface area contributed by atoms with Gasteiger partial charge in [0.05, 0.1) is 19.8 Å². The summed E-state index contributed by atoms with van der Waals surface area (Å²) in [4.78, 5) is 16.4. The van der Waals surface area contributed by atoms with Crippen LogP contribution in [0.3, 0.4) is 0 Å². The third-order valence-electron chi connectivity index (χ3n) is 3.79. The lowest BCUT2D eigenvalue weighted by Gasteiger charge is -2.20. The van der Waals surface area contributed by atoms with E-state index in [1.165, 1.54) is 7.05 Å². The first kappa shape index (κ1) is 28.1. The number of rotatable bonds is 10. The molecule has 0 radical (unpaired) electrons. The minimum atomic E-state index is -4.43. The number of carbonyl (C=O) groups excluding carboxylic acids is 1. The van der Waals surface area contributed by atoms with E-state index in [-0.39, 0.29) is 30.5 Å². The summed E-state index contributed by atoms with van der Waals surface area (Å²) in [5, 5.41) is 5.74. The van der Waals surface area contributed by atoms with Crippen LogP contribution in [0.5, 0.6) is 11.5 Å². The van der Waals surface area contributed by atoms with Crippen molar-refractivity contribution in [2.75, 3.05) is 46.9 Å². The molecule has 0 aromatic heterocycles. The zero-order chi connectivity index (χ0) is 21.9. The molecule has 1 aromatic rings. The highest BCUT2D eigenvalue weighted by Gasteiger charge is 2.31. The number of nitrogens with zero attached hydrogens (tertiary/aromatic N) is 2. The summed E-state index contributed by atoms with van der Waals surface area (Å²) in [7, 11) is 2.62. The predicted molar refractivity (Wildman–Crippen MR) is 121 cm³/mol. The molecule has 0 saturated carbocycles. The molecule has 30 heavy (non-hydrogen) atoms. The number of hydrogen-bond acceptors (Lipinski definition) is 4. The van der Waals surface area contributed by atoms with E-state index in [0.717, 1.165) is 12.6 Å². The normalized spacial score (nSPS) is 11.4. The molecular formula is C19H30F3IN4O3. The van der Waals surface area contributed by atoms with Crippen molar-refractivity contribution in [1.82, 2.24) is 15.5 Å². The van der Waals surface area contributed by atoms with Gasteiger partial charge in [-0.25, -0.2) is 0 Å². The van der Waals surface area contributed by atoms with Crippen LogP contribution >= 0.6 is 24.0 Å². The van der Waals surface area contributed by atoms with Gasteiger partial charge in [0.2, 0.25) is 5.91 Å². The van der Waals surface area contributed by atoms with E-state index < -0.39 is 18.6 Å². The lowest BCUT2D eigenvalue weighted by atomic mass is 10.1. The van der Waals surface area contributed by atoms with Gasteiger partial charge in [0.1, 0.15) is 6.54 Å². The minimum Gasteiger partial charge on any atom is -0.490 e. The van der Waals surface area contributed by atoms with Crippen molar-refractivity contribution in [3.05, 3.63) is 23.8 Å². The summed E-state index contributed by atoms with van der Waals surface area (Å²) in [5.41, 5.74) is 1.01. The quantitative estimate of drug-likeness (QED) is 0.268. The third-order valence-corrected chi connectivity index (χ3v) is 3.79. The largest absolute Gasteiger partial charge is 0.490 e. The summed E-state index contributed by atoms with van der Waals surface area (Å²) in [5.74, 6) is 1.01. The summed E-state index contributed by atoms with van der Waals surface area (Å²) in [6.07, 6.45) is -3.78. The van der Waals surface area contributed by atoms with E-state index in [1.807, 2.05) is 32.0 Å². The summed E-state index contributed by atoms with van der Waals surface area (Å²) >= 11 is 0. The van der Waals surface area contributed by atoms with Gasteiger partial charge in [0.15, 0.2) is 17.5 Å². The van der Waals surface area contributed by atoms with Crippen LogP contribution < -0.4 is 20.1 Å². The minimum absolute atomic E-state index is 0. The van der Waals surface area contributed by atoms with E-state index in [9.17, 15) is 18.0 Å². The fourth-order valence-electron chi connectivity index (χ4n) is 2.45. The highest BCUT2D eigenvalue weighted by atomic mass is 127. The molecule has 0 saturated heterocycles. The summed E-state index contributed by atoms with van der Waals surface area (Å²) in [6, 6.07) is 5.69. The van der Waals surface area contributed by atoms with Crippen molar-refractivity contribution in [2.45, 2.75) is 26.4 Å². The van der Waals surface area contributed by atoms with Gasteiger partial charge in [-0.15, -0.1) is 24.0 Å². The zero-order valence-electron chi connectivity index (χ0n) is 17.6. The Morgan fingerprint density at radius 3 is 2.33 bits per heavy atom. The summed E-state index contributed by atoms with van der Waals surface area (Å²) in [6.45, 7) is 3.79. The smallest absolute Gasteiger partial charge is 0.406 e. The zero-order valence-corrected chi connectivity index (χ0v) is 20.0. The fourth-order valence-corrected chi connectivity index (χ4v) is 2.45. The van der Waals surface area contributed by atoms with E-state index in [0.29, 0.717) is 48.5 Å². The third kappa shape index (κ3) is 10.7. The number of benzene rings is 1. The Balaban J connectivity index is 0.00000841. The van der Waals surface area contributed by atoms with Gasteiger partial charge in [-0.2, -0.15) is 13.2 Å². The average Bonchev–Trinajstić information content (AvgIpc) is 2.65. The first-order valence-electron chi connectivity index (χ1n) is 9.33. The Labute approximate surface area is 192 Å². The molecule has 11 heteroatoms. The van der Waals surface area contributed by atoms with Crippen molar-refractivity contribution >= 4 is 35.8 Å². The maximum absolute atomic E-state index is 12.3. The molecule has 0 bridgehead atoms. The van der Waals surface area contributed by atoms with Crippen molar-refractivity contribution in [2.24, 2.45) is 4.99 Å². The van der Waals surface area contributed by atoms with E-state index in [1.54, 1.807) is 0 Å². The van der Waals surface area contributed by atoms with Crippen LogP contribution in [0.4, 0.5) is 13.2 Å². The molecule has 0 aliphatic heterocycles. The number of amides is 1. The number of carbonyl (C=O) groups is 1. The molecular weight excluding hydrogens is 516 g/mol. The van der Waals surface area contributed by atoms with Crippen LogP contribution in [0, 0.1) is 0 Å². The van der Waals surface area contributed by atoms with Crippen molar-refractivity contribution in [3.63, 3.8) is 0 Å². The molecule has 1 rings (SSSR count). The van der Waals surface area contributed by atoms with Gasteiger partial charge >= 0.3 is 6.18 Å². The molecule has 0 aliphatic carbocycles. The standard InChI is InChI=1S/C19H29F3N4O3.HI/c1-5-28-15-8-7-14(11-16(15)29-6-2)9-10-24-18(23-3)25-12-17(27)26(4)13-19(20,21)22;/h7-8,11H,5-6,9-10,12-13H2,1-4H3,(H2,23,24,25);1H. The van der Waals surface area contributed by atoms with Gasteiger partial charge in [0, 0.05) is 20.6 Å². The second kappa shape index (κ2) is 14.1. The number of nitrogens with one attached hydrogen (secondary N) is 2. The molecule has 7 nitrogen and oxygen atoms in total. The lowest BCUT2D eigenvalue weighted by Crippen LogP contribution is -2.45. The van der Waals surface area contributed by atoms with Crippen molar-refractivity contribution < 1.29 is 27.4 Å². The van der Waals surface area contributed by atoms with Crippen LogP contribution in [-0.2, 0) is 11.2 Å². The molecule has 0 fully saturated rings. The number of aliphatic imine (C=N–C) groups is 1. The van der Waals surface area contributed by atoms with Crippen LogP contribution in [0.15, 0.2) is 23.2 Å². The first-order valence-corrected chi connectivity index (χ1v) is 9.33. The van der Waals surface area contributed by atoms with E-state index >= 15 is 0 Å². The first-order chi connectivity index (χ1) is 13.7. The molecule has 1 aromatic carbocycles. The maximum atomic E-state index is 12.3. The molecule has 0 spiro atoms. The predicted octanol–water partition coefficient (Wildman–Crippen LogP) is 2.83. The monoisotopic (exact) mass is 546 g/mol. The van der Waals surface area contributed by atoms with Gasteiger partial charge in [-0.1, -0.05) is 6.07 Å². The Morgan fingerprint density at radius 2 is 1.77 bits per heavy atom. The van der Waals surface area contributed by atoms with Crippen molar-refractivity contribution in [3.8, 4) is 11.5 Å². The Kier molecular flexibility index (Phi) is 13.2. The van der Waals surface area contributed by atoms with Crippen molar-refractivity contribution in [1.29, 1.82) is 0 Å². The molecule has 0 unspecified atom stereocenters. The average molecular weight is 546 g/mol. The maximum Gasteiger partial charge on any atom is 0.406 e. The molecule has 172 valence electrons. The number of alkyl halides is 3. The molecule has 2 N–H and O–H groups in total. The molecule has 0 aliphatic rings. The van der Waals surface area contributed by atoms with E-state index in [2.05, 4.69) is 15.6 Å². The van der Waals surface area contributed by atoms with Gasteiger partial charge in [-0.05, 0) is 38.0 Å². The number of guanidine groups is 1. The number of likely N-dealkylation sites (N-methyl/N-ethyl adjacent to an activating group) is 1. The van der Waals surface area contributed by atoms with Crippen LogP contribution in [0.25, 0.3) is 0 Å². The topological polar surface area (TPSA) is 75.2 Å². The molecule has 0 atom stereocenters. The van der Waals surface area contributed by atoms with Crippen LogP contribution in [0.2, 0.25) is 0 Å². The van der Waals surface area contributed by atoms with Crippen LogP contribution in [0.1, 0.15) is 19.4 Å². The Bertz CT molecular complexity index is 687. The Hall–Kier alpha value is -1.92. The second-order valence-corrected chi connectivity index (χ2v) is 6.11. The van der Waals surface area contributed by atoms with Gasteiger partial charge in [-0.3, -0.25) is 9.79 Å². The highest BCUT2D eigenvalue weighted by molar-refractivity contribution is 14.0. The van der Waals surface area contributed by atoms with E-state index in [4.69, 9.17) is 9.47 Å². The lowest BCUT2D eigenvalue weighted by molar-refractivity contribution is -0.157. The highest BCUT2D eigenvalue weighted by Crippen LogP contribution is 2.28. The number of hydrogen-bond donors (Lipinski definition) is 2. The number of ether oxygens (including phenoxy) is 2.